The van der Waals surface area contributed by atoms with E-state index in [0.717, 1.165) is 25.2 Å². The summed E-state index contributed by atoms with van der Waals surface area (Å²) in [7, 11) is 0. The second kappa shape index (κ2) is 8.47. The zero-order chi connectivity index (χ0) is 16.1. The second-order valence-corrected chi connectivity index (χ2v) is 8.50. The fourth-order valence-electron chi connectivity index (χ4n) is 4.86. The number of hydrogen-bond donors (Lipinski definition) is 1. The van der Waals surface area contributed by atoms with Crippen molar-refractivity contribution in [2.24, 2.45) is 35.3 Å². The topological polar surface area (TPSA) is 43.1 Å². The monoisotopic (exact) mass is 307 g/mol. The SMILES string of the molecule is CC(C)[C@@H]1CC[C@@H](C)C[C@H]1C(=O)CC[C@@H](N)C1CCCCC1. The van der Waals surface area contributed by atoms with Gasteiger partial charge in [-0.15, -0.1) is 0 Å². The molecule has 2 fully saturated rings. The Balaban J connectivity index is 1.83. The number of rotatable bonds is 6. The van der Waals surface area contributed by atoms with E-state index < -0.39 is 0 Å². The van der Waals surface area contributed by atoms with E-state index in [2.05, 4.69) is 20.8 Å². The zero-order valence-electron chi connectivity index (χ0n) is 15.0. The molecule has 4 atom stereocenters. The summed E-state index contributed by atoms with van der Waals surface area (Å²) in [4.78, 5) is 12.8. The lowest BCUT2D eigenvalue weighted by Crippen LogP contribution is -2.36. The molecule has 22 heavy (non-hydrogen) atoms. The van der Waals surface area contributed by atoms with Gasteiger partial charge in [0.25, 0.3) is 0 Å². The third-order valence-corrected chi connectivity index (χ3v) is 6.42. The normalized spacial score (nSPS) is 32.1. The van der Waals surface area contributed by atoms with Gasteiger partial charge < -0.3 is 5.73 Å². The Morgan fingerprint density at radius 3 is 2.41 bits per heavy atom. The maximum atomic E-state index is 12.8. The largest absolute Gasteiger partial charge is 0.327 e. The molecule has 0 radical (unpaired) electrons. The number of carbonyl (C=O) groups is 1. The highest BCUT2D eigenvalue weighted by Crippen LogP contribution is 2.39. The fourth-order valence-corrected chi connectivity index (χ4v) is 4.86. The summed E-state index contributed by atoms with van der Waals surface area (Å²) in [5.41, 5.74) is 6.40. The van der Waals surface area contributed by atoms with Crippen LogP contribution in [-0.2, 0) is 4.79 Å². The Labute approximate surface area is 137 Å². The van der Waals surface area contributed by atoms with Crippen molar-refractivity contribution in [2.75, 3.05) is 0 Å². The van der Waals surface area contributed by atoms with E-state index in [0.29, 0.717) is 29.5 Å². The molecule has 0 saturated heterocycles. The molecule has 2 aliphatic rings. The smallest absolute Gasteiger partial charge is 0.136 e. The lowest BCUT2D eigenvalue weighted by Gasteiger charge is -2.37. The van der Waals surface area contributed by atoms with E-state index >= 15 is 0 Å². The summed E-state index contributed by atoms with van der Waals surface area (Å²) < 4.78 is 0. The van der Waals surface area contributed by atoms with Crippen LogP contribution in [0, 0.1) is 29.6 Å². The lowest BCUT2D eigenvalue weighted by atomic mass is 9.68. The van der Waals surface area contributed by atoms with Crippen LogP contribution >= 0.6 is 0 Å². The van der Waals surface area contributed by atoms with Gasteiger partial charge in [0, 0.05) is 18.4 Å². The van der Waals surface area contributed by atoms with Crippen LogP contribution in [0.1, 0.15) is 85.0 Å². The predicted molar refractivity (Wildman–Crippen MR) is 93.6 cm³/mol. The third-order valence-electron chi connectivity index (χ3n) is 6.42. The molecule has 0 aromatic rings. The predicted octanol–water partition coefficient (Wildman–Crippen LogP) is 4.95. The van der Waals surface area contributed by atoms with Gasteiger partial charge in [-0.05, 0) is 55.8 Å². The molecule has 0 amide bonds. The highest BCUT2D eigenvalue weighted by molar-refractivity contribution is 5.81. The van der Waals surface area contributed by atoms with Crippen LogP contribution in [0.4, 0.5) is 0 Å². The molecule has 0 unspecified atom stereocenters. The molecule has 2 nitrogen and oxygen atoms in total. The van der Waals surface area contributed by atoms with Gasteiger partial charge in [-0.1, -0.05) is 46.5 Å². The maximum absolute atomic E-state index is 12.8. The van der Waals surface area contributed by atoms with Crippen LogP contribution < -0.4 is 5.73 Å². The first kappa shape index (κ1) is 18.0. The minimum atomic E-state index is 0.253. The van der Waals surface area contributed by atoms with E-state index in [1.807, 2.05) is 0 Å². The Morgan fingerprint density at radius 2 is 1.77 bits per heavy atom. The average molecular weight is 308 g/mol. The summed E-state index contributed by atoms with van der Waals surface area (Å²) in [5.74, 6) is 3.45. The van der Waals surface area contributed by atoms with Crippen LogP contribution in [0.25, 0.3) is 0 Å². The summed E-state index contributed by atoms with van der Waals surface area (Å²) >= 11 is 0. The van der Waals surface area contributed by atoms with Crippen molar-refractivity contribution in [1.82, 2.24) is 0 Å². The van der Waals surface area contributed by atoms with Crippen LogP contribution in [0.3, 0.4) is 0 Å². The van der Waals surface area contributed by atoms with Crippen LogP contribution in [0.15, 0.2) is 0 Å². The molecule has 2 N–H and O–H groups in total. The summed E-state index contributed by atoms with van der Waals surface area (Å²) in [6, 6.07) is 0.253. The standard InChI is InChI=1S/C20H37NO/c1-14(2)17-10-9-15(3)13-18(17)20(22)12-11-19(21)16-7-5-4-6-8-16/h14-19H,4-13,21H2,1-3H3/t15-,17+,18-,19-/m1/s1. The molecule has 128 valence electrons. The second-order valence-electron chi connectivity index (χ2n) is 8.50. The number of hydrogen-bond acceptors (Lipinski definition) is 2. The molecular weight excluding hydrogens is 270 g/mol. The number of Topliss-reactive ketones (excluding diaryl/α,β-unsaturated/α-hetero) is 1. The molecule has 0 aromatic carbocycles. The van der Waals surface area contributed by atoms with E-state index in [9.17, 15) is 4.79 Å². The molecule has 0 heterocycles. The Morgan fingerprint density at radius 1 is 1.09 bits per heavy atom. The highest BCUT2D eigenvalue weighted by atomic mass is 16.1. The van der Waals surface area contributed by atoms with Crippen molar-refractivity contribution in [2.45, 2.75) is 91.0 Å². The van der Waals surface area contributed by atoms with Gasteiger partial charge >= 0.3 is 0 Å². The van der Waals surface area contributed by atoms with Crippen LogP contribution in [0.5, 0.6) is 0 Å². The molecule has 0 aliphatic heterocycles. The highest BCUT2D eigenvalue weighted by Gasteiger charge is 2.35. The van der Waals surface area contributed by atoms with E-state index in [1.165, 1.54) is 44.9 Å². The summed E-state index contributed by atoms with van der Waals surface area (Å²) in [6.45, 7) is 6.88. The van der Waals surface area contributed by atoms with Gasteiger partial charge in [0.15, 0.2) is 0 Å². The van der Waals surface area contributed by atoms with E-state index in [1.54, 1.807) is 0 Å². The van der Waals surface area contributed by atoms with Crippen molar-refractivity contribution in [1.29, 1.82) is 0 Å². The summed E-state index contributed by atoms with van der Waals surface area (Å²) in [5, 5.41) is 0. The first-order valence-corrected chi connectivity index (χ1v) is 9.77. The van der Waals surface area contributed by atoms with Crippen molar-refractivity contribution in [3.05, 3.63) is 0 Å². The van der Waals surface area contributed by atoms with E-state index in [4.69, 9.17) is 5.73 Å². The first-order valence-electron chi connectivity index (χ1n) is 9.77. The molecule has 2 saturated carbocycles. The Hall–Kier alpha value is -0.370. The molecule has 2 aliphatic carbocycles. The lowest BCUT2D eigenvalue weighted by molar-refractivity contribution is -0.127. The van der Waals surface area contributed by atoms with Crippen molar-refractivity contribution < 1.29 is 4.79 Å². The van der Waals surface area contributed by atoms with Crippen molar-refractivity contribution >= 4 is 5.78 Å². The fraction of sp³-hybridized carbons (Fsp3) is 0.950. The maximum Gasteiger partial charge on any atom is 0.136 e. The minimum Gasteiger partial charge on any atom is -0.327 e. The van der Waals surface area contributed by atoms with Gasteiger partial charge in [-0.3, -0.25) is 4.79 Å². The van der Waals surface area contributed by atoms with Gasteiger partial charge in [0.2, 0.25) is 0 Å². The number of ketones is 1. The van der Waals surface area contributed by atoms with Gasteiger partial charge in [0.1, 0.15) is 5.78 Å². The van der Waals surface area contributed by atoms with E-state index in [-0.39, 0.29) is 6.04 Å². The van der Waals surface area contributed by atoms with Crippen molar-refractivity contribution in [3.63, 3.8) is 0 Å². The third kappa shape index (κ3) is 4.81. The minimum absolute atomic E-state index is 0.253. The number of nitrogens with two attached hydrogens (primary N) is 1. The Bertz CT molecular complexity index is 346. The molecule has 0 spiro atoms. The molecule has 0 aromatic heterocycles. The van der Waals surface area contributed by atoms with Gasteiger partial charge in [-0.25, -0.2) is 0 Å². The van der Waals surface area contributed by atoms with Gasteiger partial charge in [-0.2, -0.15) is 0 Å². The van der Waals surface area contributed by atoms with Crippen LogP contribution in [-0.4, -0.2) is 11.8 Å². The molecule has 0 bridgehead atoms. The molecule has 2 heteroatoms. The first-order chi connectivity index (χ1) is 10.5. The quantitative estimate of drug-likeness (QED) is 0.754. The Kier molecular flexibility index (Phi) is 6.92. The van der Waals surface area contributed by atoms with Gasteiger partial charge in [0.05, 0.1) is 0 Å². The summed E-state index contributed by atoms with van der Waals surface area (Å²) in [6.07, 6.45) is 11.9. The van der Waals surface area contributed by atoms with Crippen molar-refractivity contribution in [3.8, 4) is 0 Å². The molecule has 2 rings (SSSR count). The van der Waals surface area contributed by atoms with Crippen LogP contribution in [0.2, 0.25) is 0 Å². The zero-order valence-corrected chi connectivity index (χ0v) is 15.0. The average Bonchev–Trinajstić information content (AvgIpc) is 2.52. The number of carbonyl (C=O) groups excluding carboxylic acids is 1. The molecular formula is C20H37NO.